The number of carbonyl (C=O) groups is 1. The first-order chi connectivity index (χ1) is 9.19. The third-order valence-corrected chi connectivity index (χ3v) is 2.58. The fourth-order valence-corrected chi connectivity index (χ4v) is 1.66. The first-order valence-electron chi connectivity index (χ1n) is 5.92. The number of hydrazine groups is 1. The van der Waals surface area contributed by atoms with Crippen molar-refractivity contribution in [2.75, 3.05) is 6.61 Å². The van der Waals surface area contributed by atoms with Crippen molar-refractivity contribution in [1.82, 2.24) is 15.2 Å². The summed E-state index contributed by atoms with van der Waals surface area (Å²) in [6.07, 6.45) is 3.74. The van der Waals surface area contributed by atoms with Crippen molar-refractivity contribution >= 4 is 5.91 Å². The number of aryl methyl sites for hydroxylation is 1. The van der Waals surface area contributed by atoms with E-state index < -0.39 is 0 Å². The summed E-state index contributed by atoms with van der Waals surface area (Å²) in [4.78, 5) is 11.4. The summed E-state index contributed by atoms with van der Waals surface area (Å²) in [5, 5.41) is 4.16. The Kier molecular flexibility index (Phi) is 4.15. The Morgan fingerprint density at radius 2 is 2.37 bits per heavy atom. The molecule has 3 N–H and O–H groups in total. The van der Waals surface area contributed by atoms with E-state index in [4.69, 9.17) is 10.6 Å². The van der Waals surface area contributed by atoms with Gasteiger partial charge in [-0.05, 0) is 30.7 Å². The summed E-state index contributed by atoms with van der Waals surface area (Å²) >= 11 is 0. The monoisotopic (exact) mass is 260 g/mol. The number of carbonyl (C=O) groups excluding carboxylic acids is 1. The van der Waals surface area contributed by atoms with Crippen LogP contribution < -0.4 is 16.0 Å². The average Bonchev–Trinajstić information content (AvgIpc) is 2.84. The third kappa shape index (κ3) is 3.56. The number of aromatic nitrogens is 2. The van der Waals surface area contributed by atoms with Crippen molar-refractivity contribution in [1.29, 1.82) is 0 Å². The van der Waals surface area contributed by atoms with Crippen LogP contribution in [0.2, 0.25) is 0 Å². The molecule has 0 unspecified atom stereocenters. The van der Waals surface area contributed by atoms with E-state index in [-0.39, 0.29) is 5.91 Å². The molecule has 1 amide bonds. The van der Waals surface area contributed by atoms with E-state index in [2.05, 4.69) is 10.5 Å². The molecule has 100 valence electrons. The van der Waals surface area contributed by atoms with Crippen molar-refractivity contribution in [3.63, 3.8) is 0 Å². The van der Waals surface area contributed by atoms with Crippen LogP contribution in [0.3, 0.4) is 0 Å². The van der Waals surface area contributed by atoms with Gasteiger partial charge in [0, 0.05) is 11.8 Å². The summed E-state index contributed by atoms with van der Waals surface area (Å²) in [5.41, 5.74) is 3.66. The summed E-state index contributed by atoms with van der Waals surface area (Å²) in [5.74, 6) is 5.37. The molecule has 6 heteroatoms. The molecule has 0 radical (unpaired) electrons. The van der Waals surface area contributed by atoms with E-state index in [1.54, 1.807) is 30.5 Å². The van der Waals surface area contributed by atoms with Crippen LogP contribution in [-0.4, -0.2) is 22.3 Å². The number of nitrogens with one attached hydrogen (secondary N) is 1. The Hall–Kier alpha value is -2.34. The smallest absolute Gasteiger partial charge is 0.265 e. The molecule has 0 spiro atoms. The predicted octanol–water partition coefficient (Wildman–Crippen LogP) is 0.874. The van der Waals surface area contributed by atoms with Crippen LogP contribution >= 0.6 is 0 Å². The third-order valence-electron chi connectivity index (χ3n) is 2.58. The fraction of sp³-hybridized carbons (Fsp3) is 0.231. The average molecular weight is 260 g/mol. The summed E-state index contributed by atoms with van der Waals surface area (Å²) in [6.45, 7) is 3.12. The number of nitrogens with zero attached hydrogens (tertiary/aromatic N) is 2. The molecule has 0 aliphatic rings. The van der Waals surface area contributed by atoms with Crippen LogP contribution in [-0.2, 0) is 6.54 Å². The van der Waals surface area contributed by atoms with Crippen LogP contribution in [0.5, 0.6) is 5.75 Å². The molecule has 1 aromatic heterocycles. The largest absolute Gasteiger partial charge is 0.492 e. The molecule has 0 bridgehead atoms. The van der Waals surface area contributed by atoms with Gasteiger partial charge in [0.25, 0.3) is 5.91 Å². The van der Waals surface area contributed by atoms with Crippen LogP contribution in [0.25, 0.3) is 0 Å². The Morgan fingerprint density at radius 1 is 1.53 bits per heavy atom. The highest BCUT2D eigenvalue weighted by Crippen LogP contribution is 2.13. The topological polar surface area (TPSA) is 82.2 Å². The normalized spacial score (nSPS) is 10.2. The van der Waals surface area contributed by atoms with Crippen LogP contribution in [0.1, 0.15) is 15.9 Å². The highest BCUT2D eigenvalue weighted by atomic mass is 16.5. The molecule has 0 aliphatic carbocycles. The number of amides is 1. The number of hydrogen-bond donors (Lipinski definition) is 2. The molecule has 0 atom stereocenters. The maximum Gasteiger partial charge on any atom is 0.265 e. The van der Waals surface area contributed by atoms with Crippen molar-refractivity contribution < 1.29 is 9.53 Å². The van der Waals surface area contributed by atoms with Gasteiger partial charge in [0.15, 0.2) is 0 Å². The van der Waals surface area contributed by atoms with Crippen LogP contribution in [0, 0.1) is 6.92 Å². The predicted molar refractivity (Wildman–Crippen MR) is 70.6 cm³/mol. The van der Waals surface area contributed by atoms with E-state index in [0.717, 1.165) is 5.56 Å². The molecular weight excluding hydrogens is 244 g/mol. The minimum atomic E-state index is -0.340. The van der Waals surface area contributed by atoms with Crippen molar-refractivity contribution in [2.45, 2.75) is 13.5 Å². The molecule has 0 saturated heterocycles. The number of benzene rings is 1. The molecule has 6 nitrogen and oxygen atoms in total. The zero-order valence-corrected chi connectivity index (χ0v) is 10.7. The number of nitrogen functional groups attached to an aromatic ring is 1. The van der Waals surface area contributed by atoms with Gasteiger partial charge in [-0.1, -0.05) is 6.07 Å². The van der Waals surface area contributed by atoms with Gasteiger partial charge in [0.2, 0.25) is 0 Å². The van der Waals surface area contributed by atoms with Crippen molar-refractivity contribution in [3.8, 4) is 5.75 Å². The lowest BCUT2D eigenvalue weighted by atomic mass is 10.2. The SMILES string of the molecule is Cc1cnn(CCOc2cccc(C(=O)NN)c2)c1. The second-order valence-electron chi connectivity index (χ2n) is 4.13. The lowest BCUT2D eigenvalue weighted by molar-refractivity contribution is 0.0953. The minimum absolute atomic E-state index is 0.340. The zero-order valence-electron chi connectivity index (χ0n) is 10.7. The zero-order chi connectivity index (χ0) is 13.7. The van der Waals surface area contributed by atoms with E-state index >= 15 is 0 Å². The van der Waals surface area contributed by atoms with Crippen molar-refractivity contribution in [2.24, 2.45) is 5.84 Å². The molecule has 0 fully saturated rings. The fourth-order valence-electron chi connectivity index (χ4n) is 1.66. The minimum Gasteiger partial charge on any atom is -0.492 e. The summed E-state index contributed by atoms with van der Waals surface area (Å²) < 4.78 is 7.38. The molecular formula is C13H16N4O2. The van der Waals surface area contributed by atoms with Gasteiger partial charge in [-0.2, -0.15) is 5.10 Å². The summed E-state index contributed by atoms with van der Waals surface area (Å²) in [7, 11) is 0. The number of nitrogens with two attached hydrogens (primary N) is 1. The second kappa shape index (κ2) is 6.01. The maximum atomic E-state index is 11.4. The van der Waals surface area contributed by atoms with Gasteiger partial charge in [0.1, 0.15) is 12.4 Å². The molecule has 0 saturated carbocycles. The van der Waals surface area contributed by atoms with Gasteiger partial charge in [-0.25, -0.2) is 5.84 Å². The van der Waals surface area contributed by atoms with Crippen LogP contribution in [0.4, 0.5) is 0 Å². The Morgan fingerprint density at radius 3 is 3.05 bits per heavy atom. The highest BCUT2D eigenvalue weighted by Gasteiger charge is 2.04. The van der Waals surface area contributed by atoms with E-state index in [0.29, 0.717) is 24.5 Å². The molecule has 2 aromatic rings. The number of ether oxygens (including phenoxy) is 1. The molecule has 1 aromatic carbocycles. The molecule has 1 heterocycles. The standard InChI is InChI=1S/C13H16N4O2/c1-10-8-15-17(9-10)5-6-19-12-4-2-3-11(7-12)13(18)16-14/h2-4,7-9H,5-6,14H2,1H3,(H,16,18). The molecule has 2 rings (SSSR count). The number of hydrogen-bond acceptors (Lipinski definition) is 4. The first-order valence-corrected chi connectivity index (χ1v) is 5.92. The molecule has 19 heavy (non-hydrogen) atoms. The maximum absolute atomic E-state index is 11.4. The van der Waals surface area contributed by atoms with Gasteiger partial charge in [-0.15, -0.1) is 0 Å². The molecule has 0 aliphatic heterocycles. The van der Waals surface area contributed by atoms with Gasteiger partial charge in [0.05, 0.1) is 12.7 Å². The summed E-state index contributed by atoms with van der Waals surface area (Å²) in [6, 6.07) is 6.86. The van der Waals surface area contributed by atoms with Gasteiger partial charge in [-0.3, -0.25) is 14.9 Å². The highest BCUT2D eigenvalue weighted by molar-refractivity contribution is 5.94. The Labute approximate surface area is 111 Å². The van der Waals surface area contributed by atoms with Gasteiger partial charge >= 0.3 is 0 Å². The lowest BCUT2D eigenvalue weighted by Crippen LogP contribution is -2.29. The van der Waals surface area contributed by atoms with Gasteiger partial charge < -0.3 is 4.74 Å². The van der Waals surface area contributed by atoms with Crippen LogP contribution in [0.15, 0.2) is 36.7 Å². The second-order valence-corrected chi connectivity index (χ2v) is 4.13. The van der Waals surface area contributed by atoms with E-state index in [1.165, 1.54) is 0 Å². The van der Waals surface area contributed by atoms with E-state index in [9.17, 15) is 4.79 Å². The Bertz CT molecular complexity index is 565. The van der Waals surface area contributed by atoms with E-state index in [1.807, 2.05) is 17.8 Å². The number of rotatable bonds is 5. The lowest BCUT2D eigenvalue weighted by Gasteiger charge is -2.07. The quantitative estimate of drug-likeness (QED) is 0.475. The first kappa shape index (κ1) is 13.1. The van der Waals surface area contributed by atoms with Crippen molar-refractivity contribution in [3.05, 3.63) is 47.8 Å². The Balaban J connectivity index is 1.90.